The summed E-state index contributed by atoms with van der Waals surface area (Å²) in [5, 5.41) is 3.22. The first-order valence-electron chi connectivity index (χ1n) is 5.36. The zero-order chi connectivity index (χ0) is 12.4. The molecule has 1 aromatic heterocycles. The molecule has 0 saturated heterocycles. The summed E-state index contributed by atoms with van der Waals surface area (Å²) in [4.78, 5) is 4.40. The number of benzene rings is 1. The van der Waals surface area contributed by atoms with E-state index in [9.17, 15) is 4.39 Å². The summed E-state index contributed by atoms with van der Waals surface area (Å²) in [7, 11) is 0. The number of rotatable bonds is 3. The zero-order valence-electron chi connectivity index (χ0n) is 9.67. The number of nitrogens with one attached hydrogen (secondary N) is 1. The van der Waals surface area contributed by atoms with Gasteiger partial charge in [-0.25, -0.2) is 9.37 Å². The minimum Gasteiger partial charge on any atom is -0.325 e. The number of hydrogen-bond donors (Lipinski definition) is 1. The lowest BCUT2D eigenvalue weighted by Gasteiger charge is -2.09. The topological polar surface area (TPSA) is 29.9 Å². The fourth-order valence-electron chi connectivity index (χ4n) is 1.60. The van der Waals surface area contributed by atoms with E-state index in [-0.39, 0.29) is 5.82 Å². The third-order valence-corrected chi connectivity index (χ3v) is 3.31. The van der Waals surface area contributed by atoms with Crippen molar-refractivity contribution in [3.8, 4) is 0 Å². The lowest BCUT2D eigenvalue weighted by atomic mass is 10.3. The van der Waals surface area contributed by atoms with Gasteiger partial charge >= 0.3 is 0 Å². The van der Waals surface area contributed by atoms with Crippen LogP contribution in [0.25, 0.3) is 0 Å². The monoisotopic (exact) mass is 345 g/mol. The van der Waals surface area contributed by atoms with Gasteiger partial charge in [-0.1, -0.05) is 0 Å². The van der Waals surface area contributed by atoms with Crippen molar-refractivity contribution in [2.24, 2.45) is 0 Å². The number of halogens is 2. The first kappa shape index (κ1) is 12.3. The second kappa shape index (κ2) is 5.03. The van der Waals surface area contributed by atoms with E-state index in [1.54, 1.807) is 6.07 Å². The predicted molar refractivity (Wildman–Crippen MR) is 75.0 cm³/mol. The number of nitrogens with zero attached hydrogens (tertiary/aromatic N) is 2. The largest absolute Gasteiger partial charge is 0.325 e. The Hall–Kier alpha value is -1.11. The molecule has 0 radical (unpaired) electrons. The van der Waals surface area contributed by atoms with Crippen molar-refractivity contribution in [3.63, 3.8) is 0 Å². The maximum atomic E-state index is 13.0. The lowest BCUT2D eigenvalue weighted by Crippen LogP contribution is -2.02. The molecule has 0 bridgehead atoms. The minimum absolute atomic E-state index is 0.227. The SMILES string of the molecule is CCn1cc(C)nc1Nc1ccc(F)cc1I. The van der Waals surface area contributed by atoms with Crippen molar-refractivity contribution in [2.75, 3.05) is 5.32 Å². The van der Waals surface area contributed by atoms with Crippen LogP contribution in [0.1, 0.15) is 12.6 Å². The highest BCUT2D eigenvalue weighted by Crippen LogP contribution is 2.23. The minimum atomic E-state index is -0.227. The molecule has 0 spiro atoms. The predicted octanol–water partition coefficient (Wildman–Crippen LogP) is 3.70. The normalized spacial score (nSPS) is 10.6. The van der Waals surface area contributed by atoms with E-state index in [1.165, 1.54) is 12.1 Å². The summed E-state index contributed by atoms with van der Waals surface area (Å²) in [6, 6.07) is 4.66. The maximum Gasteiger partial charge on any atom is 0.207 e. The lowest BCUT2D eigenvalue weighted by molar-refractivity contribution is 0.627. The van der Waals surface area contributed by atoms with Crippen LogP contribution in [0.2, 0.25) is 0 Å². The Morgan fingerprint density at radius 2 is 2.24 bits per heavy atom. The van der Waals surface area contributed by atoms with Gasteiger partial charge < -0.3 is 9.88 Å². The first-order chi connectivity index (χ1) is 8.10. The Morgan fingerprint density at radius 1 is 1.47 bits per heavy atom. The average molecular weight is 345 g/mol. The Bertz CT molecular complexity index is 537. The fourth-order valence-corrected chi connectivity index (χ4v) is 2.21. The fraction of sp³-hybridized carbons (Fsp3) is 0.250. The van der Waals surface area contributed by atoms with Crippen LogP contribution in [0, 0.1) is 16.3 Å². The molecule has 0 amide bonds. The molecule has 5 heteroatoms. The van der Waals surface area contributed by atoms with Gasteiger partial charge in [-0.3, -0.25) is 0 Å². The van der Waals surface area contributed by atoms with Gasteiger partial charge in [0.05, 0.1) is 11.4 Å². The third kappa shape index (κ3) is 2.77. The molecule has 0 aliphatic heterocycles. The van der Waals surface area contributed by atoms with Gasteiger partial charge in [0.2, 0.25) is 5.95 Å². The summed E-state index contributed by atoms with van der Waals surface area (Å²) in [5.41, 5.74) is 1.83. The van der Waals surface area contributed by atoms with Crippen LogP contribution in [0.4, 0.5) is 16.0 Å². The summed E-state index contributed by atoms with van der Waals surface area (Å²) in [6.07, 6.45) is 1.98. The summed E-state index contributed by atoms with van der Waals surface area (Å²) < 4.78 is 15.8. The van der Waals surface area contributed by atoms with E-state index in [0.29, 0.717) is 0 Å². The van der Waals surface area contributed by atoms with Crippen LogP contribution in [0.15, 0.2) is 24.4 Å². The average Bonchev–Trinajstić information content (AvgIpc) is 2.63. The number of aromatic nitrogens is 2. The van der Waals surface area contributed by atoms with Crippen LogP contribution >= 0.6 is 22.6 Å². The van der Waals surface area contributed by atoms with Gasteiger partial charge in [-0.15, -0.1) is 0 Å². The van der Waals surface area contributed by atoms with E-state index >= 15 is 0 Å². The number of hydrogen-bond acceptors (Lipinski definition) is 2. The van der Waals surface area contributed by atoms with Crippen LogP contribution in [0.5, 0.6) is 0 Å². The van der Waals surface area contributed by atoms with Crippen molar-refractivity contribution in [2.45, 2.75) is 20.4 Å². The number of imidazole rings is 1. The van der Waals surface area contributed by atoms with Gasteiger partial charge in [0.25, 0.3) is 0 Å². The van der Waals surface area contributed by atoms with E-state index in [1.807, 2.05) is 17.7 Å². The highest BCUT2D eigenvalue weighted by Gasteiger charge is 2.07. The second-order valence-corrected chi connectivity index (χ2v) is 4.90. The van der Waals surface area contributed by atoms with Gasteiger partial charge in [0, 0.05) is 16.3 Å². The van der Waals surface area contributed by atoms with Crippen LogP contribution in [-0.4, -0.2) is 9.55 Å². The molecule has 2 rings (SSSR count). The molecule has 0 saturated carbocycles. The van der Waals surface area contributed by atoms with Crippen molar-refractivity contribution in [1.82, 2.24) is 9.55 Å². The third-order valence-electron chi connectivity index (χ3n) is 2.42. The quantitative estimate of drug-likeness (QED) is 0.860. The molecule has 0 aliphatic carbocycles. The van der Waals surface area contributed by atoms with Gasteiger partial charge in [0.15, 0.2) is 0 Å². The van der Waals surface area contributed by atoms with Gasteiger partial charge in [0.1, 0.15) is 5.82 Å². The molecular formula is C12H13FIN3. The van der Waals surface area contributed by atoms with Crippen molar-refractivity contribution < 1.29 is 4.39 Å². The highest BCUT2D eigenvalue weighted by molar-refractivity contribution is 14.1. The number of aryl methyl sites for hydroxylation is 2. The molecule has 2 aromatic rings. The molecular weight excluding hydrogens is 332 g/mol. The Morgan fingerprint density at radius 3 is 2.88 bits per heavy atom. The van der Waals surface area contributed by atoms with Crippen LogP contribution < -0.4 is 5.32 Å². The molecule has 90 valence electrons. The van der Waals surface area contributed by atoms with Crippen LogP contribution in [-0.2, 0) is 6.54 Å². The molecule has 1 aromatic carbocycles. The Balaban J connectivity index is 2.30. The van der Waals surface area contributed by atoms with Crippen molar-refractivity contribution >= 4 is 34.2 Å². The van der Waals surface area contributed by atoms with Crippen molar-refractivity contribution in [3.05, 3.63) is 39.5 Å². The maximum absolute atomic E-state index is 13.0. The molecule has 0 aliphatic rings. The molecule has 0 fully saturated rings. The van der Waals surface area contributed by atoms with E-state index < -0.39 is 0 Å². The molecule has 1 heterocycles. The van der Waals surface area contributed by atoms with E-state index in [0.717, 1.165) is 27.4 Å². The second-order valence-electron chi connectivity index (χ2n) is 3.74. The molecule has 0 atom stereocenters. The standard InChI is InChI=1S/C12H13FIN3/c1-3-17-7-8(2)15-12(17)16-11-5-4-9(13)6-10(11)14/h4-7H,3H2,1-2H3,(H,15,16). The van der Waals surface area contributed by atoms with Gasteiger partial charge in [-0.05, 0) is 54.6 Å². The van der Waals surface area contributed by atoms with E-state index in [4.69, 9.17) is 0 Å². The summed E-state index contributed by atoms with van der Waals surface area (Å²) in [5.74, 6) is 0.560. The van der Waals surface area contributed by atoms with Gasteiger partial charge in [-0.2, -0.15) is 0 Å². The number of anilines is 2. The smallest absolute Gasteiger partial charge is 0.207 e. The molecule has 17 heavy (non-hydrogen) atoms. The van der Waals surface area contributed by atoms with Crippen molar-refractivity contribution in [1.29, 1.82) is 0 Å². The summed E-state index contributed by atoms with van der Waals surface area (Å²) in [6.45, 7) is 4.86. The Kier molecular flexibility index (Phi) is 3.66. The highest BCUT2D eigenvalue weighted by atomic mass is 127. The first-order valence-corrected chi connectivity index (χ1v) is 6.44. The molecule has 3 nitrogen and oxygen atoms in total. The molecule has 1 N–H and O–H groups in total. The Labute approximate surface area is 113 Å². The zero-order valence-corrected chi connectivity index (χ0v) is 11.8. The summed E-state index contributed by atoms with van der Waals surface area (Å²) >= 11 is 2.10. The van der Waals surface area contributed by atoms with E-state index in [2.05, 4.69) is 39.8 Å². The van der Waals surface area contributed by atoms with Crippen LogP contribution in [0.3, 0.4) is 0 Å². The molecule has 0 unspecified atom stereocenters.